The number of hydrogen-bond acceptors (Lipinski definition) is 3. The predicted octanol–water partition coefficient (Wildman–Crippen LogP) is 5.18. The maximum absolute atomic E-state index is 14.1. The van der Waals surface area contributed by atoms with Crippen LogP contribution in [-0.2, 0) is 11.2 Å². The standard InChI is InChI=1S/C30H28N4O3/c1-3-18(2)31-28(35)21-14-8-10-16-24(21)34-29(36)25-17-22-20-13-7-9-15-23(20)32-26(22)27(33(25)30(34)37)19-11-5-4-6-12-19/h4-16,18,25,27,32H,3,17H2,1-2H3,(H,31,35)/t18?,25-,27?/m0/s1. The Kier molecular flexibility index (Phi) is 5.56. The van der Waals surface area contributed by atoms with E-state index in [-0.39, 0.29) is 17.9 Å². The minimum Gasteiger partial charge on any atom is -0.356 e. The summed E-state index contributed by atoms with van der Waals surface area (Å²) in [4.78, 5) is 47.6. The van der Waals surface area contributed by atoms with Crippen molar-refractivity contribution in [1.29, 1.82) is 0 Å². The number of carbonyl (C=O) groups is 3. The minimum absolute atomic E-state index is 0.0300. The summed E-state index contributed by atoms with van der Waals surface area (Å²) in [7, 11) is 0. The zero-order chi connectivity index (χ0) is 25.7. The van der Waals surface area contributed by atoms with Gasteiger partial charge in [0, 0.05) is 29.1 Å². The molecule has 1 saturated heterocycles. The highest BCUT2D eigenvalue weighted by Crippen LogP contribution is 2.45. The van der Waals surface area contributed by atoms with Crippen LogP contribution in [0, 0.1) is 0 Å². The lowest BCUT2D eigenvalue weighted by molar-refractivity contribution is -0.120. The monoisotopic (exact) mass is 492 g/mol. The molecule has 6 rings (SSSR count). The largest absolute Gasteiger partial charge is 0.356 e. The van der Waals surface area contributed by atoms with E-state index in [1.54, 1.807) is 29.2 Å². The van der Waals surface area contributed by atoms with Crippen LogP contribution in [0.1, 0.15) is 53.5 Å². The fraction of sp³-hybridized carbons (Fsp3) is 0.233. The second-order valence-corrected chi connectivity index (χ2v) is 9.76. The average Bonchev–Trinajstić information content (AvgIpc) is 3.42. The number of imide groups is 1. The Bertz CT molecular complexity index is 1530. The predicted molar refractivity (Wildman–Crippen MR) is 142 cm³/mol. The van der Waals surface area contributed by atoms with E-state index in [1.807, 2.05) is 62.4 Å². The number of urea groups is 1. The second kappa shape index (κ2) is 8.92. The molecule has 3 aromatic carbocycles. The Balaban J connectivity index is 1.47. The Hall–Kier alpha value is -4.39. The van der Waals surface area contributed by atoms with Crippen LogP contribution < -0.4 is 10.2 Å². The number of aromatic nitrogens is 1. The van der Waals surface area contributed by atoms with Crippen molar-refractivity contribution < 1.29 is 14.4 Å². The maximum atomic E-state index is 14.1. The van der Waals surface area contributed by atoms with Crippen LogP contribution in [0.5, 0.6) is 0 Å². The van der Waals surface area contributed by atoms with Gasteiger partial charge in [0.2, 0.25) is 0 Å². The molecule has 2 aliphatic rings. The Morgan fingerprint density at radius 3 is 2.49 bits per heavy atom. The van der Waals surface area contributed by atoms with Gasteiger partial charge >= 0.3 is 6.03 Å². The van der Waals surface area contributed by atoms with E-state index in [2.05, 4.69) is 16.4 Å². The van der Waals surface area contributed by atoms with E-state index in [0.29, 0.717) is 17.7 Å². The van der Waals surface area contributed by atoms with E-state index < -0.39 is 18.1 Å². The molecule has 186 valence electrons. The van der Waals surface area contributed by atoms with Gasteiger partial charge in [0.25, 0.3) is 11.8 Å². The van der Waals surface area contributed by atoms with E-state index in [0.717, 1.165) is 34.1 Å². The molecule has 7 nitrogen and oxygen atoms in total. The minimum atomic E-state index is -0.671. The molecule has 2 N–H and O–H groups in total. The van der Waals surface area contributed by atoms with Crippen molar-refractivity contribution >= 4 is 34.4 Å². The molecule has 3 atom stereocenters. The first kappa shape index (κ1) is 23.0. The number of benzene rings is 3. The molecular weight excluding hydrogens is 464 g/mol. The molecule has 2 aliphatic heterocycles. The lowest BCUT2D eigenvalue weighted by Crippen LogP contribution is -2.44. The van der Waals surface area contributed by atoms with Crippen LogP contribution in [0.15, 0.2) is 78.9 Å². The topological polar surface area (TPSA) is 85.5 Å². The molecule has 0 aliphatic carbocycles. The first-order valence-corrected chi connectivity index (χ1v) is 12.7. The van der Waals surface area contributed by atoms with Crippen LogP contribution in [-0.4, -0.2) is 39.8 Å². The fourth-order valence-electron chi connectivity index (χ4n) is 5.54. The molecule has 1 aromatic heterocycles. The Labute approximate surface area is 215 Å². The van der Waals surface area contributed by atoms with Crippen molar-refractivity contribution in [2.75, 3.05) is 4.90 Å². The summed E-state index contributed by atoms with van der Waals surface area (Å²) in [6, 6.07) is 23.1. The first-order chi connectivity index (χ1) is 18.0. The first-order valence-electron chi connectivity index (χ1n) is 12.7. The lowest BCUT2D eigenvalue weighted by Gasteiger charge is -2.36. The highest BCUT2D eigenvalue weighted by molar-refractivity contribution is 6.24. The number of aromatic amines is 1. The summed E-state index contributed by atoms with van der Waals surface area (Å²) in [6.45, 7) is 3.92. The number of amides is 4. The number of H-pyrrole nitrogens is 1. The number of anilines is 1. The summed E-state index contributed by atoms with van der Waals surface area (Å²) < 4.78 is 0. The molecule has 1 fully saturated rings. The van der Waals surface area contributed by atoms with Gasteiger partial charge < -0.3 is 10.3 Å². The van der Waals surface area contributed by atoms with Crippen LogP contribution >= 0.6 is 0 Å². The number of rotatable bonds is 5. The number of carbonyl (C=O) groups excluding carboxylic acids is 3. The summed E-state index contributed by atoms with van der Waals surface area (Å²) in [5.74, 6) is -0.614. The van der Waals surface area contributed by atoms with E-state index in [9.17, 15) is 14.4 Å². The highest BCUT2D eigenvalue weighted by atomic mass is 16.2. The number of hydrogen-bond donors (Lipinski definition) is 2. The Morgan fingerprint density at radius 2 is 1.70 bits per heavy atom. The van der Waals surface area contributed by atoms with Gasteiger partial charge in [0.05, 0.1) is 11.3 Å². The van der Waals surface area contributed by atoms with Crippen LogP contribution in [0.25, 0.3) is 10.9 Å². The molecule has 0 radical (unpaired) electrons. The van der Waals surface area contributed by atoms with Gasteiger partial charge in [-0.15, -0.1) is 0 Å². The summed E-state index contributed by atoms with van der Waals surface area (Å²) in [5.41, 5.74) is 4.51. The average molecular weight is 493 g/mol. The summed E-state index contributed by atoms with van der Waals surface area (Å²) in [5, 5.41) is 4.02. The lowest BCUT2D eigenvalue weighted by atomic mass is 9.89. The molecule has 3 heterocycles. The van der Waals surface area contributed by atoms with Crippen molar-refractivity contribution in [2.24, 2.45) is 0 Å². The highest BCUT2D eigenvalue weighted by Gasteiger charge is 2.53. The van der Waals surface area contributed by atoms with Crippen molar-refractivity contribution in [3.63, 3.8) is 0 Å². The van der Waals surface area contributed by atoms with Gasteiger partial charge in [-0.2, -0.15) is 0 Å². The maximum Gasteiger partial charge on any atom is 0.332 e. The molecule has 0 saturated carbocycles. The smallest absolute Gasteiger partial charge is 0.332 e. The van der Waals surface area contributed by atoms with Crippen molar-refractivity contribution in [3.8, 4) is 0 Å². The molecular formula is C30H28N4O3. The van der Waals surface area contributed by atoms with E-state index >= 15 is 0 Å². The van der Waals surface area contributed by atoms with Gasteiger partial charge in [0.15, 0.2) is 0 Å². The van der Waals surface area contributed by atoms with Crippen molar-refractivity contribution in [2.45, 2.75) is 44.8 Å². The van der Waals surface area contributed by atoms with Gasteiger partial charge in [-0.25, -0.2) is 9.69 Å². The Morgan fingerprint density at radius 1 is 1.00 bits per heavy atom. The van der Waals surface area contributed by atoms with Gasteiger partial charge in [-0.3, -0.25) is 14.5 Å². The quantitative estimate of drug-likeness (QED) is 0.377. The van der Waals surface area contributed by atoms with Crippen LogP contribution in [0.4, 0.5) is 10.5 Å². The van der Waals surface area contributed by atoms with Crippen LogP contribution in [0.2, 0.25) is 0 Å². The summed E-state index contributed by atoms with van der Waals surface area (Å²) in [6.07, 6.45) is 1.18. The zero-order valence-corrected chi connectivity index (χ0v) is 20.8. The third-order valence-corrected chi connectivity index (χ3v) is 7.54. The molecule has 37 heavy (non-hydrogen) atoms. The van der Waals surface area contributed by atoms with Crippen LogP contribution in [0.3, 0.4) is 0 Å². The van der Waals surface area contributed by atoms with Gasteiger partial charge in [-0.05, 0) is 42.7 Å². The number of fused-ring (bicyclic) bond motifs is 4. The van der Waals surface area contributed by atoms with Crippen molar-refractivity contribution in [1.82, 2.24) is 15.2 Å². The third-order valence-electron chi connectivity index (χ3n) is 7.54. The second-order valence-electron chi connectivity index (χ2n) is 9.76. The zero-order valence-electron chi connectivity index (χ0n) is 20.8. The number of nitrogens with one attached hydrogen (secondary N) is 2. The van der Waals surface area contributed by atoms with Gasteiger partial charge in [0.1, 0.15) is 12.1 Å². The molecule has 0 bridgehead atoms. The molecule has 4 amide bonds. The molecule has 4 aromatic rings. The third kappa shape index (κ3) is 3.61. The SMILES string of the molecule is CCC(C)NC(=O)c1ccccc1N1C(=O)[C@@H]2Cc3c([nH]c4ccccc34)C(c3ccccc3)N2C1=O. The fourth-order valence-corrected chi connectivity index (χ4v) is 5.54. The molecule has 2 unspecified atom stereocenters. The van der Waals surface area contributed by atoms with E-state index in [1.165, 1.54) is 4.90 Å². The summed E-state index contributed by atoms with van der Waals surface area (Å²) >= 11 is 0. The number of para-hydroxylation sites is 2. The van der Waals surface area contributed by atoms with Gasteiger partial charge in [-0.1, -0.05) is 67.6 Å². The van der Waals surface area contributed by atoms with E-state index in [4.69, 9.17) is 0 Å². The number of nitrogens with zero attached hydrogens (tertiary/aromatic N) is 2. The normalized spacial score (nSPS) is 19.6. The molecule has 7 heteroatoms. The van der Waals surface area contributed by atoms with Crippen molar-refractivity contribution in [3.05, 3.63) is 101 Å². The molecule has 0 spiro atoms.